The van der Waals surface area contributed by atoms with Gasteiger partial charge in [-0.05, 0) is 12.8 Å². The monoisotopic (exact) mass is 146 g/mol. The highest BCUT2D eigenvalue weighted by Gasteiger charge is 2.10. The highest BCUT2D eigenvalue weighted by Crippen LogP contribution is 2.14. The topological polar surface area (TPSA) is 9.23 Å². The molecule has 1 unspecified atom stereocenters. The first kappa shape index (κ1) is 9.18. The first-order valence-corrected chi connectivity index (χ1v) is 4.60. The van der Waals surface area contributed by atoms with Crippen molar-refractivity contribution in [3.63, 3.8) is 0 Å². The lowest BCUT2D eigenvalue weighted by atomic mass is 9.98. The summed E-state index contributed by atoms with van der Waals surface area (Å²) in [6.45, 7) is 6.63. The second kappa shape index (κ2) is 5.00. The van der Waals surface area contributed by atoms with Crippen molar-refractivity contribution < 1.29 is 4.43 Å². The first-order valence-electron chi connectivity index (χ1n) is 3.79. The average molecular weight is 146 g/mol. The Morgan fingerprint density at radius 3 is 1.89 bits per heavy atom. The van der Waals surface area contributed by atoms with Gasteiger partial charge in [0.1, 0.15) is 10.5 Å². The maximum atomic E-state index is 5.33. The smallest absolute Gasteiger partial charge is 0.146 e. The highest BCUT2D eigenvalue weighted by atomic mass is 28.2. The Labute approximate surface area is 61.3 Å². The predicted molar refractivity (Wildman–Crippen MR) is 44.6 cm³/mol. The Morgan fingerprint density at radius 2 is 1.78 bits per heavy atom. The summed E-state index contributed by atoms with van der Waals surface area (Å²) in [7, 11) is 0.880. The van der Waals surface area contributed by atoms with E-state index in [-0.39, 0.29) is 0 Å². The summed E-state index contributed by atoms with van der Waals surface area (Å²) in [5.74, 6) is 0.780. The maximum Gasteiger partial charge on any atom is 0.146 e. The van der Waals surface area contributed by atoms with E-state index in [1.165, 1.54) is 12.8 Å². The van der Waals surface area contributed by atoms with E-state index in [1.54, 1.807) is 0 Å². The molecular formula is C7H18OSi. The van der Waals surface area contributed by atoms with Gasteiger partial charge in [0.05, 0.1) is 0 Å². The molecular weight excluding hydrogens is 128 g/mol. The van der Waals surface area contributed by atoms with Crippen LogP contribution in [0.3, 0.4) is 0 Å². The molecule has 0 fully saturated rings. The molecule has 0 saturated carbocycles. The van der Waals surface area contributed by atoms with Gasteiger partial charge in [-0.3, -0.25) is 0 Å². The molecule has 9 heavy (non-hydrogen) atoms. The number of hydrogen-bond acceptors (Lipinski definition) is 1. The molecule has 0 amide bonds. The van der Waals surface area contributed by atoms with Gasteiger partial charge in [-0.25, -0.2) is 0 Å². The van der Waals surface area contributed by atoms with Crippen molar-refractivity contribution in [3.8, 4) is 0 Å². The molecule has 0 spiro atoms. The van der Waals surface area contributed by atoms with E-state index in [0.717, 1.165) is 16.4 Å². The van der Waals surface area contributed by atoms with Crippen molar-refractivity contribution in [2.45, 2.75) is 39.7 Å². The second-order valence-corrected chi connectivity index (χ2v) is 2.99. The van der Waals surface area contributed by atoms with Gasteiger partial charge in [0.15, 0.2) is 0 Å². The van der Waals surface area contributed by atoms with Crippen LogP contribution in [0.2, 0.25) is 0 Å². The molecule has 0 aromatic rings. The summed E-state index contributed by atoms with van der Waals surface area (Å²) in [5, 5.41) is 0. The number of hydrogen-bond donors (Lipinski definition) is 0. The Balaban J connectivity index is 3.50. The summed E-state index contributed by atoms with van der Waals surface area (Å²) in [5.41, 5.74) is 0. The lowest BCUT2D eigenvalue weighted by Gasteiger charge is -2.19. The minimum Gasteiger partial charge on any atom is -0.425 e. The first-order chi connectivity index (χ1) is 4.26. The molecule has 0 aliphatic carbocycles. The van der Waals surface area contributed by atoms with Gasteiger partial charge in [0, 0.05) is 6.10 Å². The molecule has 0 radical (unpaired) electrons. The van der Waals surface area contributed by atoms with Crippen molar-refractivity contribution in [2.24, 2.45) is 5.92 Å². The molecule has 0 rings (SSSR count). The third-order valence-electron chi connectivity index (χ3n) is 2.08. The Morgan fingerprint density at radius 1 is 1.33 bits per heavy atom. The molecule has 56 valence electrons. The van der Waals surface area contributed by atoms with E-state index in [4.69, 9.17) is 4.43 Å². The maximum absolute atomic E-state index is 5.33. The molecule has 0 aromatic carbocycles. The summed E-state index contributed by atoms with van der Waals surface area (Å²) >= 11 is 0. The van der Waals surface area contributed by atoms with E-state index in [0.29, 0.717) is 6.10 Å². The lowest BCUT2D eigenvalue weighted by Crippen LogP contribution is -2.17. The van der Waals surface area contributed by atoms with E-state index < -0.39 is 0 Å². The third-order valence-corrected chi connectivity index (χ3v) is 2.83. The second-order valence-electron chi connectivity index (χ2n) is 2.52. The van der Waals surface area contributed by atoms with Crippen LogP contribution in [-0.4, -0.2) is 16.6 Å². The molecule has 0 bridgehead atoms. The summed E-state index contributed by atoms with van der Waals surface area (Å²) < 4.78 is 5.33. The predicted octanol–water partition coefficient (Wildman–Crippen LogP) is 1.11. The Hall–Kier alpha value is 0.177. The Kier molecular flexibility index (Phi) is 5.10. The summed E-state index contributed by atoms with van der Waals surface area (Å²) in [6, 6.07) is 0. The molecule has 1 nitrogen and oxygen atoms in total. The SMILES string of the molecule is CCC(CC)C(C)O[SiH3]. The van der Waals surface area contributed by atoms with Gasteiger partial charge in [-0.15, -0.1) is 0 Å². The average Bonchev–Trinajstić information content (AvgIpc) is 1.90. The lowest BCUT2D eigenvalue weighted by molar-refractivity contribution is 0.159. The fraction of sp³-hybridized carbons (Fsp3) is 1.00. The zero-order valence-electron chi connectivity index (χ0n) is 6.98. The molecule has 0 aromatic heterocycles. The fourth-order valence-electron chi connectivity index (χ4n) is 1.14. The molecule has 0 saturated heterocycles. The zero-order valence-corrected chi connectivity index (χ0v) is 8.98. The quantitative estimate of drug-likeness (QED) is 0.540. The van der Waals surface area contributed by atoms with Gasteiger partial charge in [-0.2, -0.15) is 0 Å². The standard InChI is InChI=1S/C7H18OSi/c1-4-7(5-2)6(3)8-9/h6-7H,4-5H2,1-3,9H3. The molecule has 0 heterocycles. The van der Waals surface area contributed by atoms with Crippen molar-refractivity contribution in [1.29, 1.82) is 0 Å². The molecule has 1 atom stereocenters. The summed E-state index contributed by atoms with van der Waals surface area (Å²) in [4.78, 5) is 0. The molecule has 0 N–H and O–H groups in total. The van der Waals surface area contributed by atoms with Crippen LogP contribution in [0.5, 0.6) is 0 Å². The van der Waals surface area contributed by atoms with E-state index in [9.17, 15) is 0 Å². The number of rotatable bonds is 4. The van der Waals surface area contributed by atoms with Gasteiger partial charge < -0.3 is 4.43 Å². The van der Waals surface area contributed by atoms with Crippen LogP contribution in [0.15, 0.2) is 0 Å². The van der Waals surface area contributed by atoms with Gasteiger partial charge in [0.2, 0.25) is 0 Å². The Bertz CT molecular complexity index is 61.9. The van der Waals surface area contributed by atoms with Crippen LogP contribution in [0, 0.1) is 5.92 Å². The van der Waals surface area contributed by atoms with Gasteiger partial charge in [-0.1, -0.05) is 26.7 Å². The summed E-state index contributed by atoms with van der Waals surface area (Å²) in [6.07, 6.45) is 2.99. The van der Waals surface area contributed by atoms with Crippen LogP contribution in [0.1, 0.15) is 33.6 Å². The fourth-order valence-corrected chi connectivity index (χ4v) is 1.53. The normalized spacial score (nSPS) is 14.7. The molecule has 2 heteroatoms. The van der Waals surface area contributed by atoms with Crippen molar-refractivity contribution >= 4 is 10.5 Å². The highest BCUT2D eigenvalue weighted by molar-refractivity contribution is 5.98. The van der Waals surface area contributed by atoms with Crippen molar-refractivity contribution in [2.75, 3.05) is 0 Å². The zero-order chi connectivity index (χ0) is 7.28. The van der Waals surface area contributed by atoms with E-state index in [2.05, 4.69) is 20.8 Å². The minimum atomic E-state index is 0.492. The molecule has 0 aliphatic heterocycles. The molecule has 0 aliphatic rings. The van der Waals surface area contributed by atoms with Crippen LogP contribution in [-0.2, 0) is 4.43 Å². The van der Waals surface area contributed by atoms with Crippen LogP contribution >= 0.6 is 0 Å². The van der Waals surface area contributed by atoms with Crippen LogP contribution in [0.4, 0.5) is 0 Å². The van der Waals surface area contributed by atoms with E-state index in [1.807, 2.05) is 0 Å². The minimum absolute atomic E-state index is 0.492. The van der Waals surface area contributed by atoms with Crippen molar-refractivity contribution in [3.05, 3.63) is 0 Å². The van der Waals surface area contributed by atoms with Crippen LogP contribution < -0.4 is 0 Å². The van der Waals surface area contributed by atoms with Gasteiger partial charge in [0.25, 0.3) is 0 Å². The third kappa shape index (κ3) is 3.01. The largest absolute Gasteiger partial charge is 0.425 e. The van der Waals surface area contributed by atoms with Crippen molar-refractivity contribution in [1.82, 2.24) is 0 Å². The van der Waals surface area contributed by atoms with Gasteiger partial charge >= 0.3 is 0 Å². The van der Waals surface area contributed by atoms with Crippen LogP contribution in [0.25, 0.3) is 0 Å². The van der Waals surface area contributed by atoms with E-state index >= 15 is 0 Å².